The number of rotatable bonds is 11. The lowest BCUT2D eigenvalue weighted by Gasteiger charge is -2.59. The highest BCUT2D eigenvalue weighted by Gasteiger charge is 2.60. The Morgan fingerprint density at radius 2 is 1.56 bits per heavy atom. The normalized spacial score (nSPS) is 32.9. The van der Waals surface area contributed by atoms with Gasteiger partial charge in [0.15, 0.2) is 0 Å². The zero-order chi connectivity index (χ0) is 35.9. The number of hydrogen-bond donors (Lipinski definition) is 1. The molecule has 4 nitrogen and oxygen atoms in total. The second-order valence-electron chi connectivity index (χ2n) is 18.2. The predicted octanol–water partition coefficient (Wildman–Crippen LogP) is 9.49. The third kappa shape index (κ3) is 6.51. The summed E-state index contributed by atoms with van der Waals surface area (Å²) in [5, 5.41) is 14.2. The number of ether oxygens (including phenoxy) is 1. The number of benzene rings is 2. The van der Waals surface area contributed by atoms with Crippen LogP contribution in [0.2, 0.25) is 5.04 Å². The van der Waals surface area contributed by atoms with Gasteiger partial charge in [0, 0.05) is 6.10 Å². The lowest BCUT2D eigenvalue weighted by atomic mass is 9.47. The second-order valence-corrected chi connectivity index (χ2v) is 22.4. The fraction of sp³-hybridized carbons (Fsp3) is 0.667. The number of esters is 1. The van der Waals surface area contributed by atoms with Crippen molar-refractivity contribution in [2.45, 2.75) is 137 Å². The molecule has 0 bridgehead atoms. The molecular formula is C45H66O4Si. The van der Waals surface area contributed by atoms with E-state index in [1.165, 1.54) is 48.9 Å². The van der Waals surface area contributed by atoms with Crippen LogP contribution < -0.4 is 10.4 Å². The molecule has 0 aromatic heterocycles. The van der Waals surface area contributed by atoms with Gasteiger partial charge in [-0.3, -0.25) is 4.79 Å². The molecule has 2 aromatic carbocycles. The minimum atomic E-state index is -2.60. The molecule has 0 radical (unpaired) electrons. The van der Waals surface area contributed by atoms with Crippen molar-refractivity contribution in [1.29, 1.82) is 0 Å². The minimum absolute atomic E-state index is 0.0175. The molecule has 3 saturated carbocycles. The van der Waals surface area contributed by atoms with Gasteiger partial charge in [-0.1, -0.05) is 121 Å². The van der Waals surface area contributed by atoms with Crippen molar-refractivity contribution in [2.24, 2.45) is 46.3 Å². The minimum Gasteiger partial charge on any atom is -0.466 e. The molecular weight excluding hydrogens is 633 g/mol. The summed E-state index contributed by atoms with van der Waals surface area (Å²) in [7, 11) is -2.60. The monoisotopic (exact) mass is 698 g/mol. The molecule has 3 fully saturated rings. The van der Waals surface area contributed by atoms with Gasteiger partial charge in [0.25, 0.3) is 8.32 Å². The van der Waals surface area contributed by atoms with Crippen LogP contribution in [0.4, 0.5) is 0 Å². The lowest BCUT2D eigenvalue weighted by molar-refractivity contribution is -0.150. The van der Waals surface area contributed by atoms with Gasteiger partial charge in [-0.2, -0.15) is 0 Å². The van der Waals surface area contributed by atoms with Gasteiger partial charge in [0.2, 0.25) is 0 Å². The molecule has 0 amide bonds. The molecule has 4 aliphatic rings. The van der Waals surface area contributed by atoms with Gasteiger partial charge in [-0.15, -0.1) is 0 Å². The molecule has 6 rings (SSSR count). The van der Waals surface area contributed by atoms with E-state index >= 15 is 0 Å². The molecule has 0 saturated heterocycles. The van der Waals surface area contributed by atoms with E-state index in [-0.39, 0.29) is 39.8 Å². The lowest BCUT2D eigenvalue weighted by Crippen LogP contribution is -2.68. The molecule has 50 heavy (non-hydrogen) atoms. The molecule has 5 heteroatoms. The van der Waals surface area contributed by atoms with Crippen LogP contribution in [0.25, 0.3) is 0 Å². The van der Waals surface area contributed by atoms with E-state index in [9.17, 15) is 9.90 Å². The Balaban J connectivity index is 1.20. The van der Waals surface area contributed by atoms with Crippen LogP contribution in [0, 0.1) is 46.3 Å². The average Bonchev–Trinajstić information content (AvgIpc) is 3.46. The van der Waals surface area contributed by atoms with Gasteiger partial charge in [0.05, 0.1) is 18.6 Å². The first-order valence-corrected chi connectivity index (χ1v) is 22.0. The smallest absolute Gasteiger partial charge is 0.309 e. The SMILES string of the molecule is CCOC(=O)[C@H](CC)C[C@@H](O)[C@@H](C)[C@H]1CC[C@H]2[C@@H]3CC=C4C[C@@H](O[Si](c5ccccc5)(c5ccccc5)C(C)(C)C)CC[C@]4(C)[C@H]3CC[C@]12C. The summed E-state index contributed by atoms with van der Waals surface area (Å²) in [5.74, 6) is 2.46. The van der Waals surface area contributed by atoms with Gasteiger partial charge in [-0.25, -0.2) is 0 Å². The number of aliphatic hydroxyl groups excluding tert-OH is 1. The highest BCUT2D eigenvalue weighted by atomic mass is 28.4. The first-order chi connectivity index (χ1) is 23.8. The Morgan fingerprint density at radius 3 is 2.14 bits per heavy atom. The second kappa shape index (κ2) is 14.7. The Bertz CT molecular complexity index is 1440. The predicted molar refractivity (Wildman–Crippen MR) is 208 cm³/mol. The molecule has 4 aliphatic carbocycles. The number of carbonyl (C=O) groups is 1. The third-order valence-corrected chi connectivity index (χ3v) is 19.9. The summed E-state index contributed by atoms with van der Waals surface area (Å²) >= 11 is 0. The average molecular weight is 699 g/mol. The Kier molecular flexibility index (Phi) is 11.0. The van der Waals surface area contributed by atoms with Crippen molar-refractivity contribution in [1.82, 2.24) is 0 Å². The van der Waals surface area contributed by atoms with Crippen LogP contribution >= 0.6 is 0 Å². The first kappa shape index (κ1) is 37.5. The van der Waals surface area contributed by atoms with Gasteiger partial charge < -0.3 is 14.3 Å². The summed E-state index contributed by atoms with van der Waals surface area (Å²) in [4.78, 5) is 12.6. The zero-order valence-corrected chi connectivity index (χ0v) is 33.4. The Morgan fingerprint density at radius 1 is 0.920 bits per heavy atom. The van der Waals surface area contributed by atoms with E-state index in [0.717, 1.165) is 18.8 Å². The topological polar surface area (TPSA) is 55.8 Å². The van der Waals surface area contributed by atoms with Gasteiger partial charge in [0.1, 0.15) is 0 Å². The zero-order valence-electron chi connectivity index (χ0n) is 32.4. The fourth-order valence-electron chi connectivity index (χ4n) is 12.0. The number of carbonyl (C=O) groups excluding carboxylic acids is 1. The van der Waals surface area contributed by atoms with Crippen molar-refractivity contribution in [3.05, 3.63) is 72.3 Å². The molecule has 2 aromatic rings. The Labute approximate surface area is 305 Å². The maximum Gasteiger partial charge on any atom is 0.309 e. The molecule has 274 valence electrons. The van der Waals surface area contributed by atoms with Crippen LogP contribution in [0.3, 0.4) is 0 Å². The molecule has 0 spiro atoms. The highest BCUT2D eigenvalue weighted by Crippen LogP contribution is 2.67. The molecule has 10 atom stereocenters. The molecule has 1 N–H and O–H groups in total. The first-order valence-electron chi connectivity index (χ1n) is 20.1. The van der Waals surface area contributed by atoms with Crippen LogP contribution in [0.1, 0.15) is 120 Å². The quantitative estimate of drug-likeness (QED) is 0.144. The molecule has 0 heterocycles. The van der Waals surface area contributed by atoms with E-state index in [0.29, 0.717) is 37.2 Å². The van der Waals surface area contributed by atoms with Crippen LogP contribution in [0.5, 0.6) is 0 Å². The highest BCUT2D eigenvalue weighted by molar-refractivity contribution is 6.99. The van der Waals surface area contributed by atoms with E-state index in [4.69, 9.17) is 9.16 Å². The maximum absolute atomic E-state index is 12.6. The van der Waals surface area contributed by atoms with E-state index in [2.05, 4.69) is 108 Å². The van der Waals surface area contributed by atoms with E-state index in [1.54, 1.807) is 5.57 Å². The number of allylic oxidation sites excluding steroid dienone is 1. The van der Waals surface area contributed by atoms with Crippen LogP contribution in [-0.4, -0.2) is 38.2 Å². The van der Waals surface area contributed by atoms with Crippen LogP contribution in [0.15, 0.2) is 72.3 Å². The summed E-state index contributed by atoms with van der Waals surface area (Å²) in [6, 6.07) is 22.3. The largest absolute Gasteiger partial charge is 0.466 e. The standard InChI is InChI=1S/C45H66O4Si/c1-9-32(42(47)48-10-2)29-41(46)31(3)38-23-24-39-37-22-21-33-30-34(25-27-44(33,7)40(37)26-28-45(38,39)8)49-50(43(4,5)6,35-17-13-11-14-18-35)36-19-15-12-16-20-36/h11-21,31-32,34,37-41,46H,9-10,22-30H2,1-8H3/t31-,32+,34-,37-,38+,39-,40-,41+,44-,45+/m0/s1. The van der Waals surface area contributed by atoms with Gasteiger partial charge >= 0.3 is 5.97 Å². The maximum atomic E-state index is 12.6. The van der Waals surface area contributed by atoms with Crippen molar-refractivity contribution in [2.75, 3.05) is 6.61 Å². The van der Waals surface area contributed by atoms with E-state index in [1.807, 2.05) is 13.8 Å². The van der Waals surface area contributed by atoms with Crippen molar-refractivity contribution < 1.29 is 19.1 Å². The molecule has 0 unspecified atom stereocenters. The number of hydrogen-bond acceptors (Lipinski definition) is 4. The number of aliphatic hydroxyl groups is 1. The fourth-order valence-corrected chi connectivity index (χ4v) is 16.8. The van der Waals surface area contributed by atoms with Crippen molar-refractivity contribution in [3.8, 4) is 0 Å². The summed E-state index contributed by atoms with van der Waals surface area (Å²) in [5.41, 5.74) is 2.16. The third-order valence-electron chi connectivity index (χ3n) is 14.8. The van der Waals surface area contributed by atoms with Crippen molar-refractivity contribution in [3.63, 3.8) is 0 Å². The molecule has 0 aliphatic heterocycles. The van der Waals surface area contributed by atoms with Crippen molar-refractivity contribution >= 4 is 24.7 Å². The van der Waals surface area contributed by atoms with Crippen LogP contribution in [-0.2, 0) is 14.0 Å². The Hall–Kier alpha value is -2.21. The van der Waals surface area contributed by atoms with E-state index < -0.39 is 14.4 Å². The summed E-state index contributed by atoms with van der Waals surface area (Å²) in [6.45, 7) is 18.9. The summed E-state index contributed by atoms with van der Waals surface area (Å²) < 4.78 is 13.0. The summed E-state index contributed by atoms with van der Waals surface area (Å²) in [6.07, 6.45) is 13.2. The van der Waals surface area contributed by atoms with Gasteiger partial charge in [-0.05, 0) is 127 Å². The number of fused-ring (bicyclic) bond motifs is 5.